The quantitative estimate of drug-likeness (QED) is 0.190. The fraction of sp³-hybridized carbons (Fsp3) is 0.0968. The van der Waals surface area contributed by atoms with Crippen LogP contribution in [0.2, 0.25) is 10.0 Å². The maximum absolute atomic E-state index is 13.5. The van der Waals surface area contributed by atoms with Crippen LogP contribution in [0.3, 0.4) is 0 Å². The Morgan fingerprint density at radius 2 is 1.85 bits per heavy atom. The Hall–Kier alpha value is -3.42. The topological polar surface area (TPSA) is 51.2 Å². The normalized spacial score (nSPS) is 10.6. The van der Waals surface area contributed by atoms with Crippen molar-refractivity contribution in [3.8, 4) is 27.3 Å². The maximum Gasteiger partial charge on any atom is 0.251 e. The Bertz CT molecular complexity index is 1640. The molecule has 0 bridgehead atoms. The van der Waals surface area contributed by atoms with Crippen molar-refractivity contribution in [1.82, 2.24) is 10.3 Å². The van der Waals surface area contributed by atoms with Crippen molar-refractivity contribution in [3.63, 3.8) is 0 Å². The van der Waals surface area contributed by atoms with Crippen molar-refractivity contribution >= 4 is 52.9 Å². The number of pyridine rings is 1. The second kappa shape index (κ2) is 13.3. The van der Waals surface area contributed by atoms with E-state index in [0.29, 0.717) is 33.5 Å². The molecule has 204 valence electrons. The number of carbonyl (C=O) groups is 1. The summed E-state index contributed by atoms with van der Waals surface area (Å²) in [5.41, 5.74) is 5.96. The van der Waals surface area contributed by atoms with E-state index in [0.717, 1.165) is 32.7 Å². The lowest BCUT2D eigenvalue weighted by molar-refractivity contribution is 0.0951. The van der Waals surface area contributed by atoms with Crippen molar-refractivity contribution in [3.05, 3.63) is 129 Å². The fourth-order valence-corrected chi connectivity index (χ4v) is 5.60. The molecule has 0 fully saturated rings. The van der Waals surface area contributed by atoms with Gasteiger partial charge in [-0.05, 0) is 83.6 Å². The Morgan fingerprint density at radius 1 is 1.00 bits per heavy atom. The summed E-state index contributed by atoms with van der Waals surface area (Å²) in [7, 11) is 0. The Labute approximate surface area is 252 Å². The number of ether oxygens (including phenoxy) is 1. The van der Waals surface area contributed by atoms with Gasteiger partial charge in [-0.15, -0.1) is 23.7 Å². The number of rotatable bonds is 8. The van der Waals surface area contributed by atoms with Gasteiger partial charge in [0.1, 0.15) is 18.2 Å². The van der Waals surface area contributed by atoms with Crippen molar-refractivity contribution in [2.24, 2.45) is 0 Å². The second-order valence-electron chi connectivity index (χ2n) is 8.90. The first kappa shape index (κ1) is 29.6. The van der Waals surface area contributed by atoms with Crippen LogP contribution in [0.1, 0.15) is 27.0 Å². The van der Waals surface area contributed by atoms with Gasteiger partial charge in [0.2, 0.25) is 0 Å². The molecule has 0 aliphatic heterocycles. The molecule has 9 heteroatoms. The van der Waals surface area contributed by atoms with Crippen molar-refractivity contribution in [2.45, 2.75) is 20.1 Å². The molecule has 0 unspecified atom stereocenters. The van der Waals surface area contributed by atoms with E-state index < -0.39 is 5.82 Å². The van der Waals surface area contributed by atoms with Gasteiger partial charge in [-0.25, -0.2) is 4.39 Å². The van der Waals surface area contributed by atoms with Crippen LogP contribution in [0.4, 0.5) is 4.39 Å². The highest BCUT2D eigenvalue weighted by Gasteiger charge is 2.17. The van der Waals surface area contributed by atoms with Gasteiger partial charge in [-0.2, -0.15) is 0 Å². The molecule has 0 spiro atoms. The van der Waals surface area contributed by atoms with Crippen LogP contribution in [0.25, 0.3) is 21.6 Å². The Morgan fingerprint density at radius 3 is 2.60 bits per heavy atom. The number of thiophene rings is 1. The molecule has 5 aromatic rings. The molecule has 0 atom stereocenters. The smallest absolute Gasteiger partial charge is 0.251 e. The van der Waals surface area contributed by atoms with Crippen LogP contribution in [0.5, 0.6) is 5.75 Å². The van der Waals surface area contributed by atoms with Gasteiger partial charge in [0.05, 0.1) is 5.02 Å². The summed E-state index contributed by atoms with van der Waals surface area (Å²) < 4.78 is 19.6. The second-order valence-corrected chi connectivity index (χ2v) is 10.7. The van der Waals surface area contributed by atoms with Crippen LogP contribution >= 0.6 is 46.9 Å². The summed E-state index contributed by atoms with van der Waals surface area (Å²) in [5, 5.41) is 5.84. The van der Waals surface area contributed by atoms with Crippen LogP contribution in [0.15, 0.2) is 90.6 Å². The van der Waals surface area contributed by atoms with Crippen molar-refractivity contribution in [1.29, 1.82) is 0 Å². The monoisotopic (exact) mass is 612 g/mol. The summed E-state index contributed by atoms with van der Waals surface area (Å²) in [6.07, 6.45) is 3.43. The number of halogens is 4. The lowest BCUT2D eigenvalue weighted by atomic mass is 9.97. The third kappa shape index (κ3) is 6.83. The number of benzene rings is 3. The number of aryl methyl sites for hydroxylation is 1. The molecule has 1 N–H and O–H groups in total. The number of hydrogen-bond acceptors (Lipinski definition) is 4. The highest BCUT2D eigenvalue weighted by atomic mass is 35.5. The maximum atomic E-state index is 13.5. The predicted molar refractivity (Wildman–Crippen MR) is 163 cm³/mol. The van der Waals surface area contributed by atoms with Crippen LogP contribution in [-0.2, 0) is 13.2 Å². The van der Waals surface area contributed by atoms with Gasteiger partial charge >= 0.3 is 0 Å². The highest BCUT2D eigenvalue weighted by molar-refractivity contribution is 7.14. The van der Waals surface area contributed by atoms with Crippen LogP contribution in [-0.4, -0.2) is 10.9 Å². The fourth-order valence-electron chi connectivity index (χ4n) is 4.21. The minimum atomic E-state index is -0.397. The zero-order valence-corrected chi connectivity index (χ0v) is 24.4. The van der Waals surface area contributed by atoms with Crippen LogP contribution in [0, 0.1) is 12.7 Å². The zero-order valence-electron chi connectivity index (χ0n) is 21.3. The first-order chi connectivity index (χ1) is 18.9. The predicted octanol–water partition coefficient (Wildman–Crippen LogP) is 9.16. The van der Waals surface area contributed by atoms with Gasteiger partial charge in [0.15, 0.2) is 0 Å². The SMILES string of the molecule is Cc1cc(C(=O)NCc2cccnc2)ccc1-c1sccc1-c1cc(Cl)ccc1OCc1ccc(F)cc1Cl.Cl. The number of amides is 1. The van der Waals surface area contributed by atoms with Gasteiger partial charge < -0.3 is 10.1 Å². The van der Waals surface area contributed by atoms with Crippen molar-refractivity contribution in [2.75, 3.05) is 0 Å². The molecular formula is C31H24Cl3FN2O2S. The largest absolute Gasteiger partial charge is 0.488 e. The first-order valence-corrected chi connectivity index (χ1v) is 13.7. The van der Waals surface area contributed by atoms with Gasteiger partial charge in [0, 0.05) is 51.1 Å². The van der Waals surface area contributed by atoms with Gasteiger partial charge in [0.25, 0.3) is 5.91 Å². The molecule has 0 saturated heterocycles. The molecule has 4 nitrogen and oxygen atoms in total. The third-order valence-electron chi connectivity index (χ3n) is 6.20. The third-order valence-corrected chi connectivity index (χ3v) is 7.74. The zero-order chi connectivity index (χ0) is 27.4. The van der Waals surface area contributed by atoms with E-state index in [-0.39, 0.29) is 24.9 Å². The lowest BCUT2D eigenvalue weighted by Crippen LogP contribution is -2.22. The molecule has 1 amide bonds. The molecule has 0 aliphatic carbocycles. The molecule has 3 aromatic carbocycles. The summed E-state index contributed by atoms with van der Waals surface area (Å²) in [6.45, 7) is 2.57. The van der Waals surface area contributed by atoms with E-state index >= 15 is 0 Å². The average molecular weight is 614 g/mol. The first-order valence-electron chi connectivity index (χ1n) is 12.1. The molecule has 0 saturated carbocycles. The van der Waals surface area contributed by atoms with E-state index in [9.17, 15) is 9.18 Å². The Kier molecular flexibility index (Phi) is 9.82. The van der Waals surface area contributed by atoms with E-state index in [1.165, 1.54) is 12.1 Å². The highest BCUT2D eigenvalue weighted by Crippen LogP contribution is 2.43. The average Bonchev–Trinajstić information content (AvgIpc) is 3.42. The van der Waals surface area contributed by atoms with E-state index in [1.807, 2.05) is 60.8 Å². The lowest BCUT2D eigenvalue weighted by Gasteiger charge is -2.15. The molecule has 0 radical (unpaired) electrons. The minimum absolute atomic E-state index is 0. The standard InChI is InChI=1S/C31H23Cl2FN2O2S.ClH/c1-19-13-21(31(37)36-17-20-3-2-11-35-16-20)5-8-25(19)30-26(10-12-39-30)27-14-23(32)6-9-29(27)38-18-22-4-7-24(34)15-28(22)33;/h2-16H,17-18H2,1H3,(H,36,37);1H. The summed E-state index contributed by atoms with van der Waals surface area (Å²) >= 11 is 14.2. The van der Waals surface area contributed by atoms with Gasteiger partial charge in [-0.3, -0.25) is 9.78 Å². The molecule has 5 rings (SSSR count). The Balaban J connectivity index is 0.00000370. The molecule has 40 heavy (non-hydrogen) atoms. The van der Waals surface area contributed by atoms with E-state index in [1.54, 1.807) is 35.9 Å². The molecule has 2 aromatic heterocycles. The summed E-state index contributed by atoms with van der Waals surface area (Å²) in [6, 6.07) is 21.2. The molecule has 0 aliphatic rings. The number of aromatic nitrogens is 1. The molecular weight excluding hydrogens is 590 g/mol. The minimum Gasteiger partial charge on any atom is -0.488 e. The number of hydrogen-bond donors (Lipinski definition) is 1. The molecule has 2 heterocycles. The summed E-state index contributed by atoms with van der Waals surface area (Å²) in [5.74, 6) is 0.0830. The number of carbonyl (C=O) groups excluding carboxylic acids is 1. The van der Waals surface area contributed by atoms with Crippen LogP contribution < -0.4 is 10.1 Å². The van der Waals surface area contributed by atoms with Gasteiger partial charge in [-0.1, -0.05) is 41.4 Å². The van der Waals surface area contributed by atoms with E-state index in [2.05, 4.69) is 10.3 Å². The number of nitrogens with one attached hydrogen (secondary N) is 1. The summed E-state index contributed by atoms with van der Waals surface area (Å²) in [4.78, 5) is 17.9. The van der Waals surface area contributed by atoms with E-state index in [4.69, 9.17) is 27.9 Å². The van der Waals surface area contributed by atoms with Crippen molar-refractivity contribution < 1.29 is 13.9 Å². The number of nitrogens with zero attached hydrogens (tertiary/aromatic N) is 1.